The van der Waals surface area contributed by atoms with Crippen molar-refractivity contribution in [1.29, 1.82) is 0 Å². The average Bonchev–Trinajstić information content (AvgIpc) is 2.46. The van der Waals surface area contributed by atoms with Crippen molar-refractivity contribution in [3.8, 4) is 5.75 Å². The quantitative estimate of drug-likeness (QED) is 0.706. The van der Waals surface area contributed by atoms with Crippen LogP contribution in [0, 0.1) is 0 Å². The van der Waals surface area contributed by atoms with Gasteiger partial charge >= 0.3 is 0 Å². The number of hydrogen-bond donors (Lipinski definition) is 1. The number of ketones is 1. The van der Waals surface area contributed by atoms with Crippen LogP contribution in [0.3, 0.4) is 0 Å². The normalized spacial score (nSPS) is 10.7. The topological polar surface area (TPSA) is 37.3 Å². The minimum atomic E-state index is -0.279. The molecule has 0 spiro atoms. The molecular formula is C17H11ClO2. The van der Waals surface area contributed by atoms with Crippen molar-refractivity contribution in [1.82, 2.24) is 0 Å². The Kier molecular flexibility index (Phi) is 3.17. The molecule has 2 nitrogen and oxygen atoms in total. The van der Waals surface area contributed by atoms with Gasteiger partial charge in [-0.2, -0.15) is 0 Å². The smallest absolute Gasteiger partial charge is 0.198 e. The molecule has 0 heterocycles. The Morgan fingerprint density at radius 3 is 2.15 bits per heavy atom. The van der Waals surface area contributed by atoms with Gasteiger partial charge in [0.25, 0.3) is 0 Å². The first kappa shape index (κ1) is 12.7. The highest BCUT2D eigenvalue weighted by molar-refractivity contribution is 6.35. The minimum absolute atomic E-state index is 0.0337. The van der Waals surface area contributed by atoms with Crippen LogP contribution in [0.5, 0.6) is 5.75 Å². The summed E-state index contributed by atoms with van der Waals surface area (Å²) >= 11 is 6.04. The molecule has 0 aliphatic carbocycles. The largest absolute Gasteiger partial charge is 0.507 e. The van der Waals surface area contributed by atoms with Gasteiger partial charge in [0.2, 0.25) is 0 Å². The zero-order valence-electron chi connectivity index (χ0n) is 10.5. The van der Waals surface area contributed by atoms with E-state index in [-0.39, 0.29) is 17.1 Å². The standard InChI is InChI=1S/C17H11ClO2/c18-15-8-4-3-7-13(15)17(20)14-9-11-5-1-2-6-12(11)10-16(14)19/h1-10,19H. The first-order chi connectivity index (χ1) is 9.66. The van der Waals surface area contributed by atoms with Crippen LogP contribution in [0.2, 0.25) is 5.02 Å². The van der Waals surface area contributed by atoms with E-state index in [1.165, 1.54) is 0 Å². The third kappa shape index (κ3) is 2.15. The van der Waals surface area contributed by atoms with Crippen molar-refractivity contribution in [2.24, 2.45) is 0 Å². The Bertz CT molecular complexity index is 809. The average molecular weight is 283 g/mol. The molecular weight excluding hydrogens is 272 g/mol. The van der Waals surface area contributed by atoms with Gasteiger partial charge in [-0.1, -0.05) is 48.0 Å². The molecule has 1 N–H and O–H groups in total. The maximum absolute atomic E-state index is 12.5. The lowest BCUT2D eigenvalue weighted by Gasteiger charge is -2.07. The summed E-state index contributed by atoms with van der Waals surface area (Å²) in [6.45, 7) is 0. The predicted molar refractivity (Wildman–Crippen MR) is 80.5 cm³/mol. The van der Waals surface area contributed by atoms with E-state index in [0.717, 1.165) is 10.8 Å². The predicted octanol–water partition coefficient (Wildman–Crippen LogP) is 4.43. The van der Waals surface area contributed by atoms with E-state index in [2.05, 4.69) is 0 Å². The van der Waals surface area contributed by atoms with Gasteiger partial charge in [-0.3, -0.25) is 4.79 Å². The summed E-state index contributed by atoms with van der Waals surface area (Å²) in [5.74, 6) is -0.313. The molecule has 0 aliphatic heterocycles. The summed E-state index contributed by atoms with van der Waals surface area (Å²) in [4.78, 5) is 12.5. The number of hydrogen-bond acceptors (Lipinski definition) is 2. The Labute approximate surface area is 121 Å². The molecule has 0 aromatic heterocycles. The fourth-order valence-electron chi connectivity index (χ4n) is 2.20. The molecule has 3 rings (SSSR count). The van der Waals surface area contributed by atoms with E-state index in [4.69, 9.17) is 11.6 Å². The Morgan fingerprint density at radius 1 is 0.850 bits per heavy atom. The highest BCUT2D eigenvalue weighted by atomic mass is 35.5. The van der Waals surface area contributed by atoms with Crippen molar-refractivity contribution < 1.29 is 9.90 Å². The molecule has 98 valence electrons. The number of fused-ring (bicyclic) bond motifs is 1. The summed E-state index contributed by atoms with van der Waals surface area (Å²) in [5, 5.41) is 12.2. The minimum Gasteiger partial charge on any atom is -0.507 e. The summed E-state index contributed by atoms with van der Waals surface area (Å²) in [6, 6.07) is 17.7. The second-order valence-electron chi connectivity index (χ2n) is 4.53. The summed E-state index contributed by atoms with van der Waals surface area (Å²) in [6.07, 6.45) is 0. The molecule has 3 aromatic carbocycles. The lowest BCUT2D eigenvalue weighted by Crippen LogP contribution is -2.02. The van der Waals surface area contributed by atoms with Gasteiger partial charge in [-0.05, 0) is 35.0 Å². The molecule has 0 unspecified atom stereocenters. The molecule has 0 fully saturated rings. The summed E-state index contributed by atoms with van der Waals surface area (Å²) < 4.78 is 0. The van der Waals surface area contributed by atoms with Gasteiger partial charge in [0.15, 0.2) is 5.78 Å². The Hall–Kier alpha value is -2.32. The monoisotopic (exact) mass is 282 g/mol. The molecule has 0 saturated carbocycles. The number of carbonyl (C=O) groups is 1. The molecule has 0 aliphatic rings. The van der Waals surface area contributed by atoms with E-state index >= 15 is 0 Å². The number of phenolic OH excluding ortho intramolecular Hbond substituents is 1. The van der Waals surface area contributed by atoms with Crippen molar-refractivity contribution in [3.63, 3.8) is 0 Å². The van der Waals surface area contributed by atoms with Crippen LogP contribution >= 0.6 is 11.6 Å². The molecule has 0 radical (unpaired) electrons. The SMILES string of the molecule is O=C(c1cc2ccccc2cc1O)c1ccccc1Cl. The van der Waals surface area contributed by atoms with Crippen LogP contribution in [0.1, 0.15) is 15.9 Å². The van der Waals surface area contributed by atoms with Crippen LogP contribution in [-0.2, 0) is 0 Å². The summed E-state index contributed by atoms with van der Waals surface area (Å²) in [5.41, 5.74) is 0.650. The van der Waals surface area contributed by atoms with Crippen molar-refractivity contribution in [2.45, 2.75) is 0 Å². The van der Waals surface area contributed by atoms with Gasteiger partial charge in [0.1, 0.15) is 5.75 Å². The fourth-order valence-corrected chi connectivity index (χ4v) is 2.42. The first-order valence-electron chi connectivity index (χ1n) is 6.18. The summed E-state index contributed by atoms with van der Waals surface area (Å²) in [7, 11) is 0. The number of carbonyl (C=O) groups excluding carboxylic acids is 1. The van der Waals surface area contributed by atoms with E-state index in [9.17, 15) is 9.90 Å². The van der Waals surface area contributed by atoms with E-state index in [0.29, 0.717) is 10.6 Å². The molecule has 0 atom stereocenters. The van der Waals surface area contributed by atoms with Gasteiger partial charge in [-0.15, -0.1) is 0 Å². The number of rotatable bonds is 2. The second kappa shape index (κ2) is 4.99. The van der Waals surface area contributed by atoms with Crippen LogP contribution < -0.4 is 0 Å². The molecule has 0 amide bonds. The van der Waals surface area contributed by atoms with Crippen molar-refractivity contribution in [3.05, 3.63) is 76.8 Å². The van der Waals surface area contributed by atoms with Crippen molar-refractivity contribution in [2.75, 3.05) is 0 Å². The highest BCUT2D eigenvalue weighted by Crippen LogP contribution is 2.28. The van der Waals surface area contributed by atoms with Crippen LogP contribution in [-0.4, -0.2) is 10.9 Å². The van der Waals surface area contributed by atoms with Crippen molar-refractivity contribution >= 4 is 28.2 Å². The highest BCUT2D eigenvalue weighted by Gasteiger charge is 2.16. The number of aromatic hydroxyl groups is 1. The lowest BCUT2D eigenvalue weighted by molar-refractivity contribution is 0.103. The van der Waals surface area contributed by atoms with Crippen LogP contribution in [0.4, 0.5) is 0 Å². The van der Waals surface area contributed by atoms with Gasteiger partial charge in [0, 0.05) is 5.56 Å². The van der Waals surface area contributed by atoms with E-state index in [1.54, 1.807) is 36.4 Å². The fraction of sp³-hybridized carbons (Fsp3) is 0. The zero-order valence-corrected chi connectivity index (χ0v) is 11.3. The molecule has 3 aromatic rings. The third-order valence-corrected chi connectivity index (χ3v) is 3.56. The lowest BCUT2D eigenvalue weighted by atomic mass is 9.99. The number of phenols is 1. The van der Waals surface area contributed by atoms with E-state index < -0.39 is 0 Å². The Balaban J connectivity index is 2.17. The van der Waals surface area contributed by atoms with Gasteiger partial charge in [0.05, 0.1) is 10.6 Å². The first-order valence-corrected chi connectivity index (χ1v) is 6.55. The maximum Gasteiger partial charge on any atom is 0.198 e. The maximum atomic E-state index is 12.5. The number of benzene rings is 3. The second-order valence-corrected chi connectivity index (χ2v) is 4.93. The Morgan fingerprint density at radius 2 is 1.45 bits per heavy atom. The molecule has 20 heavy (non-hydrogen) atoms. The third-order valence-electron chi connectivity index (χ3n) is 3.23. The van der Waals surface area contributed by atoms with Gasteiger partial charge < -0.3 is 5.11 Å². The van der Waals surface area contributed by atoms with E-state index in [1.807, 2.05) is 24.3 Å². The molecule has 3 heteroatoms. The molecule has 0 bridgehead atoms. The number of halogens is 1. The van der Waals surface area contributed by atoms with Gasteiger partial charge in [-0.25, -0.2) is 0 Å². The molecule has 0 saturated heterocycles. The zero-order chi connectivity index (χ0) is 14.1. The van der Waals surface area contributed by atoms with Crippen LogP contribution in [0.25, 0.3) is 10.8 Å². The van der Waals surface area contributed by atoms with Crippen LogP contribution in [0.15, 0.2) is 60.7 Å².